The molecule has 6 heteroatoms. The number of aromatic amines is 1. The van der Waals surface area contributed by atoms with E-state index in [1.54, 1.807) is 42.5 Å². The number of nitrogens with one attached hydrogen (secondary N) is 1. The summed E-state index contributed by atoms with van der Waals surface area (Å²) in [6.07, 6.45) is 0. The number of pyridine rings is 1. The molecule has 116 valence electrons. The number of H-pyrrole nitrogens is 1. The van der Waals surface area contributed by atoms with Gasteiger partial charge < -0.3 is 9.72 Å². The number of aromatic nitrogens is 1. The number of carbonyl (C=O) groups excluding carboxylic acids is 1. The molecule has 1 N–H and O–H groups in total. The molecule has 1 heterocycles. The highest BCUT2D eigenvalue weighted by Crippen LogP contribution is 2.25. The number of para-hydroxylation sites is 1. The lowest BCUT2D eigenvalue weighted by Gasteiger charge is -2.09. The SMILES string of the molecule is O=C(OCc1c(Cl)cccc1Cl)c1cc(=O)[nH]c2ccccc12. The Bertz CT molecular complexity index is 930. The van der Waals surface area contributed by atoms with Crippen LogP contribution in [-0.4, -0.2) is 11.0 Å². The Morgan fingerprint density at radius 3 is 2.48 bits per heavy atom. The van der Waals surface area contributed by atoms with Crippen molar-refractivity contribution >= 4 is 40.1 Å². The average molecular weight is 348 g/mol. The van der Waals surface area contributed by atoms with E-state index in [9.17, 15) is 9.59 Å². The van der Waals surface area contributed by atoms with E-state index in [1.807, 2.05) is 0 Å². The predicted molar refractivity (Wildman–Crippen MR) is 90.2 cm³/mol. The van der Waals surface area contributed by atoms with Crippen molar-refractivity contribution in [1.29, 1.82) is 0 Å². The number of hydrogen-bond donors (Lipinski definition) is 1. The maximum atomic E-state index is 12.3. The number of rotatable bonds is 3. The lowest BCUT2D eigenvalue weighted by Crippen LogP contribution is -2.13. The second kappa shape index (κ2) is 6.44. The van der Waals surface area contributed by atoms with Crippen LogP contribution in [0.1, 0.15) is 15.9 Å². The molecule has 1 aromatic heterocycles. The monoisotopic (exact) mass is 347 g/mol. The first-order chi connectivity index (χ1) is 11.1. The van der Waals surface area contributed by atoms with E-state index < -0.39 is 5.97 Å². The summed E-state index contributed by atoms with van der Waals surface area (Å²) in [5.74, 6) is -0.608. The molecule has 0 aliphatic carbocycles. The van der Waals surface area contributed by atoms with Gasteiger partial charge in [0.1, 0.15) is 6.61 Å². The fourth-order valence-electron chi connectivity index (χ4n) is 2.26. The average Bonchev–Trinajstić information content (AvgIpc) is 2.53. The van der Waals surface area contributed by atoms with E-state index >= 15 is 0 Å². The van der Waals surface area contributed by atoms with Crippen LogP contribution >= 0.6 is 23.2 Å². The lowest BCUT2D eigenvalue weighted by molar-refractivity contribution is 0.0475. The lowest BCUT2D eigenvalue weighted by atomic mass is 10.1. The second-order valence-electron chi connectivity index (χ2n) is 4.87. The van der Waals surface area contributed by atoms with Gasteiger partial charge in [0.05, 0.1) is 5.56 Å². The van der Waals surface area contributed by atoms with Gasteiger partial charge in [-0.15, -0.1) is 0 Å². The zero-order valence-corrected chi connectivity index (χ0v) is 13.3. The van der Waals surface area contributed by atoms with Gasteiger partial charge in [-0.2, -0.15) is 0 Å². The Hall–Kier alpha value is -2.30. The Morgan fingerprint density at radius 2 is 1.74 bits per heavy atom. The van der Waals surface area contributed by atoms with Gasteiger partial charge in [-0.1, -0.05) is 47.5 Å². The summed E-state index contributed by atoms with van der Waals surface area (Å²) < 4.78 is 5.28. The predicted octanol–water partition coefficient (Wildman–Crippen LogP) is 4.19. The molecule has 0 spiro atoms. The number of benzene rings is 2. The zero-order valence-electron chi connectivity index (χ0n) is 11.8. The van der Waals surface area contributed by atoms with Crippen LogP contribution in [-0.2, 0) is 11.3 Å². The van der Waals surface area contributed by atoms with Crippen molar-refractivity contribution in [3.8, 4) is 0 Å². The Balaban J connectivity index is 1.91. The van der Waals surface area contributed by atoms with E-state index in [4.69, 9.17) is 27.9 Å². The molecule has 0 aliphatic rings. The van der Waals surface area contributed by atoms with Crippen LogP contribution in [0.25, 0.3) is 10.9 Å². The van der Waals surface area contributed by atoms with Crippen LogP contribution in [0, 0.1) is 0 Å². The minimum absolute atomic E-state index is 0.0710. The Kier molecular flexibility index (Phi) is 4.37. The molecule has 0 unspecified atom stereocenters. The maximum Gasteiger partial charge on any atom is 0.339 e. The van der Waals surface area contributed by atoms with Gasteiger partial charge in [-0.25, -0.2) is 4.79 Å². The minimum atomic E-state index is -0.608. The highest BCUT2D eigenvalue weighted by atomic mass is 35.5. The largest absolute Gasteiger partial charge is 0.457 e. The zero-order chi connectivity index (χ0) is 16.4. The van der Waals surface area contributed by atoms with Gasteiger partial charge in [0.15, 0.2) is 0 Å². The molecule has 0 atom stereocenters. The number of ether oxygens (including phenoxy) is 1. The van der Waals surface area contributed by atoms with Crippen molar-refractivity contribution in [2.24, 2.45) is 0 Å². The maximum absolute atomic E-state index is 12.3. The minimum Gasteiger partial charge on any atom is -0.457 e. The molecular formula is C17H11Cl2NO3. The number of halogens is 2. The van der Waals surface area contributed by atoms with E-state index in [2.05, 4.69) is 4.98 Å². The summed E-state index contributed by atoms with van der Waals surface area (Å²) in [5, 5.41) is 1.45. The molecule has 3 aromatic rings. The van der Waals surface area contributed by atoms with E-state index in [-0.39, 0.29) is 17.7 Å². The third-order valence-electron chi connectivity index (χ3n) is 3.38. The Labute approximate surface area is 141 Å². The van der Waals surface area contributed by atoms with Gasteiger partial charge in [-0.05, 0) is 18.2 Å². The quantitative estimate of drug-likeness (QED) is 0.722. The third kappa shape index (κ3) is 3.23. The number of carbonyl (C=O) groups is 1. The molecule has 4 nitrogen and oxygen atoms in total. The molecule has 3 rings (SSSR count). The van der Waals surface area contributed by atoms with Crippen molar-refractivity contribution < 1.29 is 9.53 Å². The number of fused-ring (bicyclic) bond motifs is 1. The van der Waals surface area contributed by atoms with E-state index in [1.165, 1.54) is 6.07 Å². The van der Waals surface area contributed by atoms with Crippen LogP contribution in [0.3, 0.4) is 0 Å². The van der Waals surface area contributed by atoms with Gasteiger partial charge in [0.2, 0.25) is 5.56 Å². The van der Waals surface area contributed by atoms with E-state index in [0.29, 0.717) is 26.5 Å². The number of hydrogen-bond acceptors (Lipinski definition) is 3. The Morgan fingerprint density at radius 1 is 1.04 bits per heavy atom. The van der Waals surface area contributed by atoms with Gasteiger partial charge in [0, 0.05) is 32.6 Å². The summed E-state index contributed by atoms with van der Waals surface area (Å²) in [6.45, 7) is -0.0710. The molecule has 0 aliphatic heterocycles. The molecule has 2 aromatic carbocycles. The fourth-order valence-corrected chi connectivity index (χ4v) is 2.77. The molecule has 0 saturated heterocycles. The van der Waals surface area contributed by atoms with Crippen molar-refractivity contribution in [3.05, 3.63) is 80.1 Å². The standard InChI is InChI=1S/C17H11Cl2NO3/c18-13-5-3-6-14(19)12(13)9-23-17(22)11-8-16(21)20-15-7-2-1-4-10(11)15/h1-8H,9H2,(H,20,21). The molecule has 0 saturated carbocycles. The fraction of sp³-hybridized carbons (Fsp3) is 0.0588. The van der Waals surface area contributed by atoms with Crippen LogP contribution in [0.15, 0.2) is 53.3 Å². The van der Waals surface area contributed by atoms with E-state index in [0.717, 1.165) is 0 Å². The summed E-state index contributed by atoms with van der Waals surface area (Å²) in [7, 11) is 0. The molecular weight excluding hydrogens is 337 g/mol. The van der Waals surface area contributed by atoms with Crippen LogP contribution in [0.4, 0.5) is 0 Å². The van der Waals surface area contributed by atoms with Gasteiger partial charge in [0.25, 0.3) is 0 Å². The van der Waals surface area contributed by atoms with Gasteiger partial charge in [-0.3, -0.25) is 4.79 Å². The first-order valence-corrected chi connectivity index (χ1v) is 7.54. The summed E-state index contributed by atoms with van der Waals surface area (Å²) in [4.78, 5) is 26.7. The third-order valence-corrected chi connectivity index (χ3v) is 4.09. The highest BCUT2D eigenvalue weighted by Gasteiger charge is 2.15. The second-order valence-corrected chi connectivity index (χ2v) is 5.68. The normalized spacial score (nSPS) is 10.7. The molecule has 0 fully saturated rings. The van der Waals surface area contributed by atoms with Gasteiger partial charge >= 0.3 is 5.97 Å². The molecule has 23 heavy (non-hydrogen) atoms. The van der Waals surface area contributed by atoms with Crippen molar-refractivity contribution in [3.63, 3.8) is 0 Å². The van der Waals surface area contributed by atoms with Crippen molar-refractivity contribution in [2.45, 2.75) is 6.61 Å². The van der Waals surface area contributed by atoms with Crippen molar-refractivity contribution in [1.82, 2.24) is 4.98 Å². The molecule has 0 bridgehead atoms. The molecule has 0 radical (unpaired) electrons. The highest BCUT2D eigenvalue weighted by molar-refractivity contribution is 6.36. The first-order valence-electron chi connectivity index (χ1n) is 6.78. The summed E-state index contributed by atoms with van der Waals surface area (Å²) in [6, 6.07) is 13.3. The van der Waals surface area contributed by atoms with Crippen LogP contribution in [0.2, 0.25) is 10.0 Å². The smallest absolute Gasteiger partial charge is 0.339 e. The number of esters is 1. The topological polar surface area (TPSA) is 59.2 Å². The molecule has 0 amide bonds. The summed E-state index contributed by atoms with van der Waals surface area (Å²) >= 11 is 12.1. The van der Waals surface area contributed by atoms with Crippen LogP contribution < -0.4 is 5.56 Å². The first kappa shape index (κ1) is 15.6. The van der Waals surface area contributed by atoms with Crippen LogP contribution in [0.5, 0.6) is 0 Å². The summed E-state index contributed by atoms with van der Waals surface area (Å²) in [5.41, 5.74) is 0.931. The van der Waals surface area contributed by atoms with Crippen molar-refractivity contribution in [2.75, 3.05) is 0 Å².